The van der Waals surface area contributed by atoms with E-state index in [9.17, 15) is 10.2 Å². The van der Waals surface area contributed by atoms with Crippen molar-refractivity contribution in [2.75, 3.05) is 6.79 Å². The maximum Gasteiger partial charge on any atom is 0.231 e. The van der Waals surface area contributed by atoms with Gasteiger partial charge in [0, 0.05) is 18.3 Å². The van der Waals surface area contributed by atoms with E-state index in [-0.39, 0.29) is 18.3 Å². The van der Waals surface area contributed by atoms with Gasteiger partial charge in [-0.1, -0.05) is 0 Å². The van der Waals surface area contributed by atoms with E-state index in [1.165, 1.54) is 12.1 Å². The van der Waals surface area contributed by atoms with Crippen LogP contribution in [0.4, 0.5) is 0 Å². The highest BCUT2D eigenvalue weighted by Gasteiger charge is 2.20. The summed E-state index contributed by atoms with van der Waals surface area (Å²) < 4.78 is 12.7. The summed E-state index contributed by atoms with van der Waals surface area (Å²) in [6, 6.07) is 13.6. The van der Waals surface area contributed by atoms with Crippen molar-refractivity contribution in [3.63, 3.8) is 0 Å². The topological polar surface area (TPSA) is 89.6 Å². The van der Waals surface area contributed by atoms with E-state index < -0.39 is 0 Å². The molecule has 7 heteroatoms. The molecule has 0 radical (unpaired) electrons. The molecular formula is C19H13N3O4. The number of fused-ring (bicyclic) bond motifs is 2. The van der Waals surface area contributed by atoms with Crippen LogP contribution < -0.4 is 9.47 Å². The predicted molar refractivity (Wildman–Crippen MR) is 93.8 cm³/mol. The normalized spacial score (nSPS) is 12.6. The van der Waals surface area contributed by atoms with E-state index in [1.807, 2.05) is 28.8 Å². The lowest BCUT2D eigenvalue weighted by atomic mass is 10.1. The van der Waals surface area contributed by atoms with Gasteiger partial charge in [-0.2, -0.15) is 0 Å². The van der Waals surface area contributed by atoms with Crippen LogP contribution in [0.2, 0.25) is 0 Å². The van der Waals surface area contributed by atoms with E-state index in [0.717, 1.165) is 5.69 Å². The summed E-state index contributed by atoms with van der Waals surface area (Å²) in [7, 11) is 0. The summed E-state index contributed by atoms with van der Waals surface area (Å²) in [4.78, 5) is 9.07. The molecule has 0 saturated carbocycles. The number of phenols is 2. The lowest BCUT2D eigenvalue weighted by Crippen LogP contribution is -1.99. The third kappa shape index (κ3) is 2.14. The predicted octanol–water partition coefficient (Wildman–Crippen LogP) is 3.23. The minimum Gasteiger partial charge on any atom is -0.508 e. The van der Waals surface area contributed by atoms with Crippen LogP contribution in [-0.4, -0.2) is 31.5 Å². The zero-order valence-electron chi connectivity index (χ0n) is 13.5. The van der Waals surface area contributed by atoms with Gasteiger partial charge in [-0.05, 0) is 36.4 Å². The first-order chi connectivity index (χ1) is 12.7. The molecule has 0 amide bonds. The number of benzene rings is 2. The van der Waals surface area contributed by atoms with Crippen LogP contribution in [0.3, 0.4) is 0 Å². The maximum atomic E-state index is 10.3. The van der Waals surface area contributed by atoms with Crippen molar-refractivity contribution in [1.29, 1.82) is 0 Å². The van der Waals surface area contributed by atoms with Gasteiger partial charge < -0.3 is 19.7 Å². The Hall–Kier alpha value is -3.74. The number of phenolic OH excluding ortho intramolecular Hbond substituents is 2. The molecule has 4 aromatic rings. The molecule has 2 N–H and O–H groups in total. The fourth-order valence-corrected chi connectivity index (χ4v) is 3.07. The largest absolute Gasteiger partial charge is 0.508 e. The van der Waals surface area contributed by atoms with Crippen molar-refractivity contribution in [1.82, 2.24) is 14.5 Å². The number of imidazole rings is 1. The number of rotatable bonds is 2. The molecule has 1 aliphatic rings. The Morgan fingerprint density at radius 3 is 2.73 bits per heavy atom. The molecule has 2 aromatic carbocycles. The summed E-state index contributed by atoms with van der Waals surface area (Å²) in [5, 5.41) is 19.9. The van der Waals surface area contributed by atoms with Gasteiger partial charge in [0.15, 0.2) is 23.0 Å². The molecule has 5 rings (SSSR count). The summed E-state index contributed by atoms with van der Waals surface area (Å²) in [6.07, 6.45) is 1.69. The Bertz CT molecular complexity index is 1150. The zero-order valence-corrected chi connectivity index (χ0v) is 13.5. The summed E-state index contributed by atoms with van der Waals surface area (Å²) in [6.45, 7) is 0.188. The molecule has 0 aliphatic carbocycles. The molecular weight excluding hydrogens is 334 g/mol. The average Bonchev–Trinajstić information content (AvgIpc) is 3.25. The average molecular weight is 347 g/mol. The Morgan fingerprint density at radius 1 is 0.962 bits per heavy atom. The fourth-order valence-electron chi connectivity index (χ4n) is 3.07. The molecule has 7 nitrogen and oxygen atoms in total. The molecule has 2 aromatic heterocycles. The van der Waals surface area contributed by atoms with Crippen LogP contribution >= 0.6 is 0 Å². The molecule has 0 bridgehead atoms. The summed E-state index contributed by atoms with van der Waals surface area (Å²) >= 11 is 0. The quantitative estimate of drug-likeness (QED) is 0.579. The molecule has 26 heavy (non-hydrogen) atoms. The fraction of sp³-hybridized carbons (Fsp3) is 0.0526. The van der Waals surface area contributed by atoms with Crippen LogP contribution in [0.1, 0.15) is 0 Å². The van der Waals surface area contributed by atoms with E-state index in [4.69, 9.17) is 9.47 Å². The Balaban J connectivity index is 1.80. The number of ether oxygens (including phenoxy) is 2. The van der Waals surface area contributed by atoms with Crippen molar-refractivity contribution < 1.29 is 19.7 Å². The van der Waals surface area contributed by atoms with Crippen molar-refractivity contribution in [2.45, 2.75) is 0 Å². The maximum absolute atomic E-state index is 10.3. The van der Waals surface area contributed by atoms with Crippen LogP contribution in [0.25, 0.3) is 28.2 Å². The van der Waals surface area contributed by atoms with Gasteiger partial charge in [0.2, 0.25) is 6.79 Å². The standard InChI is InChI=1S/C19H13N3O4/c23-12-4-5-13(15(24)9-12)18-21-14-2-1-7-20-19(14)22(18)11-3-6-16-17(8-11)26-10-25-16/h1-9,23-24H,10H2. The second kappa shape index (κ2) is 5.38. The van der Waals surface area contributed by atoms with Gasteiger partial charge in [0.1, 0.15) is 17.0 Å². The lowest BCUT2D eigenvalue weighted by Gasteiger charge is -2.11. The van der Waals surface area contributed by atoms with Crippen LogP contribution in [-0.2, 0) is 0 Å². The number of pyridine rings is 1. The lowest BCUT2D eigenvalue weighted by molar-refractivity contribution is 0.174. The van der Waals surface area contributed by atoms with Crippen molar-refractivity contribution >= 4 is 11.2 Å². The second-order valence-corrected chi connectivity index (χ2v) is 5.86. The highest BCUT2D eigenvalue weighted by atomic mass is 16.7. The molecule has 3 heterocycles. The zero-order chi connectivity index (χ0) is 17.7. The minimum absolute atomic E-state index is 0.0184. The number of aromatic hydroxyl groups is 2. The third-order valence-corrected chi connectivity index (χ3v) is 4.25. The van der Waals surface area contributed by atoms with E-state index >= 15 is 0 Å². The van der Waals surface area contributed by atoms with Crippen molar-refractivity contribution in [3.8, 4) is 40.1 Å². The highest BCUT2D eigenvalue weighted by molar-refractivity contribution is 5.82. The van der Waals surface area contributed by atoms with E-state index in [2.05, 4.69) is 9.97 Å². The monoisotopic (exact) mass is 347 g/mol. The van der Waals surface area contributed by atoms with Crippen molar-refractivity contribution in [3.05, 3.63) is 54.7 Å². The van der Waals surface area contributed by atoms with E-state index in [0.29, 0.717) is 34.1 Å². The first-order valence-corrected chi connectivity index (χ1v) is 7.96. The number of nitrogens with zero attached hydrogens (tertiary/aromatic N) is 3. The minimum atomic E-state index is -0.0673. The molecule has 0 saturated heterocycles. The Morgan fingerprint density at radius 2 is 1.85 bits per heavy atom. The Kier molecular flexibility index (Phi) is 3.02. The molecule has 0 unspecified atom stereocenters. The third-order valence-electron chi connectivity index (χ3n) is 4.25. The van der Waals surface area contributed by atoms with Gasteiger partial charge in [-0.15, -0.1) is 0 Å². The smallest absolute Gasteiger partial charge is 0.231 e. The number of hydrogen-bond acceptors (Lipinski definition) is 6. The molecule has 0 fully saturated rings. The molecule has 128 valence electrons. The first-order valence-electron chi connectivity index (χ1n) is 7.96. The van der Waals surface area contributed by atoms with Crippen LogP contribution in [0, 0.1) is 0 Å². The molecule has 1 aliphatic heterocycles. The number of hydrogen-bond donors (Lipinski definition) is 2. The second-order valence-electron chi connectivity index (χ2n) is 5.86. The van der Waals surface area contributed by atoms with Gasteiger partial charge in [-0.25, -0.2) is 9.97 Å². The van der Waals surface area contributed by atoms with Gasteiger partial charge in [-0.3, -0.25) is 4.57 Å². The van der Waals surface area contributed by atoms with Crippen LogP contribution in [0.15, 0.2) is 54.7 Å². The van der Waals surface area contributed by atoms with E-state index in [1.54, 1.807) is 18.3 Å². The van der Waals surface area contributed by atoms with Crippen molar-refractivity contribution in [2.24, 2.45) is 0 Å². The van der Waals surface area contributed by atoms with Gasteiger partial charge in [0.05, 0.1) is 11.3 Å². The number of aromatic nitrogens is 3. The Labute approximate surface area is 147 Å². The first kappa shape index (κ1) is 14.6. The summed E-state index contributed by atoms with van der Waals surface area (Å²) in [5.41, 5.74) is 2.60. The van der Waals surface area contributed by atoms with Crippen LogP contribution in [0.5, 0.6) is 23.0 Å². The highest BCUT2D eigenvalue weighted by Crippen LogP contribution is 2.38. The van der Waals surface area contributed by atoms with Gasteiger partial charge >= 0.3 is 0 Å². The molecule has 0 spiro atoms. The van der Waals surface area contributed by atoms with Gasteiger partial charge in [0.25, 0.3) is 0 Å². The SMILES string of the molecule is Oc1ccc(-c2nc3cccnc3n2-c2ccc3c(c2)OCO3)c(O)c1. The molecule has 0 atom stereocenters. The summed E-state index contributed by atoms with van der Waals surface area (Å²) in [5.74, 6) is 1.74.